The molecule has 0 unspecified atom stereocenters. The average Bonchev–Trinajstić information content (AvgIpc) is 3.45. The molecular weight excluding hydrogens is 515 g/mol. The van der Waals surface area contributed by atoms with Crippen molar-refractivity contribution in [2.24, 2.45) is 0 Å². The van der Waals surface area contributed by atoms with E-state index < -0.39 is 34.1 Å². The van der Waals surface area contributed by atoms with Crippen molar-refractivity contribution in [2.45, 2.75) is 27.1 Å². The third-order valence-electron chi connectivity index (χ3n) is 3.36. The van der Waals surface area contributed by atoms with Crippen LogP contribution in [0.25, 0.3) is 12.2 Å². The summed E-state index contributed by atoms with van der Waals surface area (Å²) in [7, 11) is -3.11. The first-order chi connectivity index (χ1) is 16.6. The smallest absolute Gasteiger partial charge is 1.00 e. The molecule has 0 aliphatic heterocycles. The molecule has 0 fully saturated rings. The number of hydrogen-bond donors (Lipinski definition) is 3. The molecular formula is C21H25NaO13S. The van der Waals surface area contributed by atoms with E-state index in [9.17, 15) is 14.4 Å². The fourth-order valence-electron chi connectivity index (χ4n) is 2.03. The molecule has 0 spiro atoms. The molecule has 0 aliphatic carbocycles. The van der Waals surface area contributed by atoms with E-state index in [4.69, 9.17) is 36.8 Å². The van der Waals surface area contributed by atoms with Crippen molar-refractivity contribution in [3.63, 3.8) is 0 Å². The standard InChI is InChI=1S/C11H12O6.C10H12O4.Na.O3S.H/c1-2-16-11(15)9(10(13)14)5-7-3-4-8(6-12)17-7;1-2-13-10(12)6-5-8-3-4-9(7-11)14-8;;1-4(2)3;/h3-5,12H,2,6H2,1H3,(H,13,14);3-6,11H,2,7H2,1H3;;;/q;;+1;;-1/b9-5+;6-5+;;;. The minimum atomic E-state index is -3.11. The molecule has 0 saturated carbocycles. The van der Waals surface area contributed by atoms with Crippen LogP contribution in [-0.2, 0) is 47.7 Å². The summed E-state index contributed by atoms with van der Waals surface area (Å²) in [6.45, 7) is 3.31. The number of esters is 2. The Bertz CT molecular complexity index is 1130. The van der Waals surface area contributed by atoms with E-state index in [-0.39, 0.29) is 62.3 Å². The molecule has 194 valence electrons. The minimum absolute atomic E-state index is 0. The minimum Gasteiger partial charge on any atom is -1.00 e. The monoisotopic (exact) mass is 540 g/mol. The fraction of sp³-hybridized carbons (Fsp3) is 0.286. The number of carboxylic acid groups (broad SMARTS) is 1. The number of rotatable bonds is 9. The summed E-state index contributed by atoms with van der Waals surface area (Å²) in [5.74, 6) is -1.30. The van der Waals surface area contributed by atoms with Crippen LogP contribution in [0.15, 0.2) is 44.7 Å². The van der Waals surface area contributed by atoms with Gasteiger partial charge in [-0.25, -0.2) is 14.4 Å². The van der Waals surface area contributed by atoms with Gasteiger partial charge in [0.15, 0.2) is 0 Å². The molecule has 15 heteroatoms. The van der Waals surface area contributed by atoms with Gasteiger partial charge in [-0.2, -0.15) is 0 Å². The van der Waals surface area contributed by atoms with Gasteiger partial charge in [0.05, 0.1) is 13.2 Å². The Balaban J connectivity index is -0.000000527. The number of carbonyl (C=O) groups is 3. The molecule has 13 nitrogen and oxygen atoms in total. The predicted molar refractivity (Wildman–Crippen MR) is 118 cm³/mol. The third kappa shape index (κ3) is 15.8. The molecule has 0 amide bonds. The maximum Gasteiger partial charge on any atom is 1.00 e. The number of carboxylic acids is 1. The zero-order chi connectivity index (χ0) is 26.8. The van der Waals surface area contributed by atoms with Gasteiger partial charge in [0.2, 0.25) is 0 Å². The second-order valence-electron chi connectivity index (χ2n) is 5.80. The van der Waals surface area contributed by atoms with Crippen LogP contribution < -0.4 is 29.6 Å². The molecule has 3 N–H and O–H groups in total. The normalized spacial score (nSPS) is 10.2. The van der Waals surface area contributed by atoms with Crippen molar-refractivity contribution in [3.05, 3.63) is 59.0 Å². The predicted octanol–water partition coefficient (Wildman–Crippen LogP) is -1.74. The largest absolute Gasteiger partial charge is 1.00 e. The molecule has 0 radical (unpaired) electrons. The molecule has 0 saturated heterocycles. The van der Waals surface area contributed by atoms with Gasteiger partial charge in [0.25, 0.3) is 0 Å². The summed E-state index contributed by atoms with van der Waals surface area (Å²) in [6, 6.07) is 6.25. The topological polar surface area (TPSA) is 208 Å². The number of furan rings is 2. The van der Waals surface area contributed by atoms with Gasteiger partial charge in [0.1, 0.15) is 41.8 Å². The number of ether oxygens (including phenoxy) is 2. The van der Waals surface area contributed by atoms with E-state index >= 15 is 0 Å². The van der Waals surface area contributed by atoms with Crippen LogP contribution in [-0.4, -0.2) is 59.1 Å². The molecule has 2 aromatic heterocycles. The Labute approximate surface area is 230 Å². The van der Waals surface area contributed by atoms with Crippen molar-refractivity contribution < 1.29 is 91.6 Å². The summed E-state index contributed by atoms with van der Waals surface area (Å²) in [5, 5.41) is 26.3. The second kappa shape index (κ2) is 20.2. The second-order valence-corrected chi connectivity index (χ2v) is 6.21. The Morgan fingerprint density at radius 3 is 1.81 bits per heavy atom. The third-order valence-corrected chi connectivity index (χ3v) is 3.36. The van der Waals surface area contributed by atoms with Crippen LogP contribution in [0.2, 0.25) is 0 Å². The number of carbonyl (C=O) groups excluding carboxylic acids is 2. The van der Waals surface area contributed by atoms with Crippen LogP contribution >= 0.6 is 0 Å². The molecule has 2 heterocycles. The number of aliphatic carboxylic acids is 1. The van der Waals surface area contributed by atoms with Gasteiger partial charge >= 0.3 is 58.1 Å². The summed E-state index contributed by atoms with van der Waals surface area (Å²) < 4.78 is 44.8. The van der Waals surface area contributed by atoms with Crippen molar-refractivity contribution in [2.75, 3.05) is 13.2 Å². The van der Waals surface area contributed by atoms with Crippen molar-refractivity contribution >= 4 is 40.7 Å². The Morgan fingerprint density at radius 2 is 1.39 bits per heavy atom. The van der Waals surface area contributed by atoms with Gasteiger partial charge < -0.3 is 35.1 Å². The van der Waals surface area contributed by atoms with Gasteiger partial charge in [-0.1, -0.05) is 0 Å². The van der Waals surface area contributed by atoms with Crippen molar-refractivity contribution in [1.82, 2.24) is 0 Å². The first-order valence-electron chi connectivity index (χ1n) is 9.70. The van der Waals surface area contributed by atoms with Crippen molar-refractivity contribution in [3.8, 4) is 0 Å². The van der Waals surface area contributed by atoms with Gasteiger partial charge in [-0.15, -0.1) is 12.6 Å². The number of hydrogen-bond acceptors (Lipinski definition) is 12. The van der Waals surface area contributed by atoms with E-state index in [1.165, 1.54) is 24.3 Å². The van der Waals surface area contributed by atoms with E-state index in [0.717, 1.165) is 6.08 Å². The number of aliphatic hydroxyl groups is 2. The van der Waals surface area contributed by atoms with Crippen LogP contribution in [0.4, 0.5) is 0 Å². The van der Waals surface area contributed by atoms with Crippen LogP contribution in [0.5, 0.6) is 0 Å². The van der Waals surface area contributed by atoms with E-state index in [2.05, 4.69) is 9.47 Å². The van der Waals surface area contributed by atoms with Crippen LogP contribution in [0.3, 0.4) is 0 Å². The maximum atomic E-state index is 11.3. The Hall–Kier alpha value is -3.01. The van der Waals surface area contributed by atoms with E-state index in [1.54, 1.807) is 26.0 Å². The molecule has 0 aliphatic rings. The van der Waals surface area contributed by atoms with Gasteiger partial charge in [-0.3, -0.25) is 0 Å². The maximum absolute atomic E-state index is 11.3. The van der Waals surface area contributed by atoms with Gasteiger partial charge in [-0.05, 0) is 44.2 Å². The van der Waals surface area contributed by atoms with Gasteiger partial charge in [0, 0.05) is 12.2 Å². The SMILES string of the molecule is CCOC(=O)/C(=C/c1ccc(CO)o1)C(=O)O.CCOC(=O)/C=C/c1ccc(CO)o1.O=S(=O)=O.[H-].[Na+]. The fourth-order valence-corrected chi connectivity index (χ4v) is 2.03. The molecule has 0 aromatic carbocycles. The molecule has 36 heavy (non-hydrogen) atoms. The number of aliphatic hydroxyl groups excluding tert-OH is 2. The van der Waals surface area contributed by atoms with Crippen LogP contribution in [0.1, 0.15) is 38.3 Å². The molecule has 0 bridgehead atoms. The van der Waals surface area contributed by atoms with Crippen molar-refractivity contribution in [1.29, 1.82) is 0 Å². The quantitative estimate of drug-likeness (QED) is 0.106. The average molecular weight is 540 g/mol. The Morgan fingerprint density at radius 1 is 0.917 bits per heavy atom. The summed E-state index contributed by atoms with van der Waals surface area (Å²) in [6.07, 6.45) is 3.83. The zero-order valence-electron chi connectivity index (χ0n) is 20.7. The van der Waals surface area contributed by atoms with Crippen LogP contribution in [0, 0.1) is 0 Å². The summed E-state index contributed by atoms with van der Waals surface area (Å²) in [5.41, 5.74) is -0.523. The summed E-state index contributed by atoms with van der Waals surface area (Å²) in [4.78, 5) is 33.0. The molecule has 0 atom stereocenters. The molecule has 2 aromatic rings. The zero-order valence-corrected chi connectivity index (χ0v) is 22.5. The Kier molecular flexibility index (Phi) is 19.7. The first kappa shape index (κ1) is 35.2. The summed E-state index contributed by atoms with van der Waals surface area (Å²) >= 11 is 0. The first-order valence-corrected chi connectivity index (χ1v) is 10.7. The molecule has 2 rings (SSSR count). The van der Waals surface area contributed by atoms with E-state index in [1.807, 2.05) is 0 Å². The van der Waals surface area contributed by atoms with E-state index in [0.29, 0.717) is 18.1 Å².